The molecule has 4 fully saturated rings. The number of rotatable bonds is 18. The van der Waals surface area contributed by atoms with Gasteiger partial charge in [-0.1, -0.05) is 13.8 Å². The highest BCUT2D eigenvalue weighted by molar-refractivity contribution is 7.89. The van der Waals surface area contributed by atoms with Crippen molar-refractivity contribution >= 4 is 49.8 Å². The van der Waals surface area contributed by atoms with Crippen LogP contribution in [0.1, 0.15) is 98.8 Å². The molecular weight excluding hydrogens is 1190 g/mol. The van der Waals surface area contributed by atoms with Gasteiger partial charge in [0.15, 0.2) is 0 Å². The van der Waals surface area contributed by atoms with Gasteiger partial charge >= 0.3 is 30.3 Å². The Hall–Kier alpha value is -6.13. The summed E-state index contributed by atoms with van der Waals surface area (Å²) in [5, 5.41) is 20.5. The van der Waals surface area contributed by atoms with Crippen LogP contribution in [0.2, 0.25) is 0 Å². The summed E-state index contributed by atoms with van der Waals surface area (Å²) in [7, 11) is -7.55. The number of nitrogens with zero attached hydrogens (tertiary/aromatic N) is 4. The van der Waals surface area contributed by atoms with Gasteiger partial charge in [0, 0.05) is 106 Å². The number of carboxylic acid groups (broad SMARTS) is 2. The minimum absolute atomic E-state index is 0.00702. The van der Waals surface area contributed by atoms with Crippen LogP contribution in [-0.4, -0.2) is 178 Å². The van der Waals surface area contributed by atoms with Crippen molar-refractivity contribution in [3.63, 3.8) is 0 Å². The summed E-state index contributed by atoms with van der Waals surface area (Å²) in [6.07, 6.45) is -1.97. The zero-order chi connectivity index (χ0) is 64.0. The maximum Gasteiger partial charge on any atom is 0.490 e. The number of ether oxygens (including phenoxy) is 5. The first-order valence-electron chi connectivity index (χ1n) is 26.5. The maximum absolute atomic E-state index is 13.3. The van der Waals surface area contributed by atoms with E-state index >= 15 is 0 Å². The summed E-state index contributed by atoms with van der Waals surface area (Å²) in [5.74, 6) is -5.71. The van der Waals surface area contributed by atoms with Crippen molar-refractivity contribution in [2.45, 2.75) is 139 Å². The highest BCUT2D eigenvalue weighted by Gasteiger charge is 2.43. The molecule has 0 bridgehead atoms. The topological polar surface area (TPSA) is 323 Å². The molecule has 480 valence electrons. The normalized spacial score (nSPS) is 18.5. The van der Waals surface area contributed by atoms with Gasteiger partial charge in [-0.15, -0.1) is 0 Å². The van der Waals surface area contributed by atoms with Crippen molar-refractivity contribution in [3.05, 3.63) is 60.5 Å². The van der Waals surface area contributed by atoms with Crippen molar-refractivity contribution in [3.8, 4) is 11.8 Å². The second kappa shape index (κ2) is 32.6. The van der Waals surface area contributed by atoms with Crippen molar-refractivity contribution in [2.75, 3.05) is 72.4 Å². The highest BCUT2D eigenvalue weighted by atomic mass is 32.2. The summed E-state index contributed by atoms with van der Waals surface area (Å²) < 4.78 is 171. The van der Waals surface area contributed by atoms with E-state index in [1.807, 2.05) is 13.8 Å². The fraction of sp³-hybridized carbons (Fsp3) is 0.635. The molecule has 4 saturated heterocycles. The number of piperidine rings is 2. The number of pyridine rings is 2. The number of hydrogen-bond acceptors (Lipinski definition) is 17. The van der Waals surface area contributed by atoms with Crippen LogP contribution in [-0.2, 0) is 58.2 Å². The van der Waals surface area contributed by atoms with Crippen LogP contribution in [0.15, 0.2) is 70.3 Å². The molecule has 6 rings (SSSR count). The number of halogens is 8. The van der Waals surface area contributed by atoms with Crippen molar-refractivity contribution in [1.82, 2.24) is 29.2 Å². The molecule has 0 spiro atoms. The average Bonchev–Trinajstić information content (AvgIpc) is 2.96. The molecule has 0 saturated carbocycles. The number of esters is 1. The maximum atomic E-state index is 13.3. The van der Waals surface area contributed by atoms with Gasteiger partial charge in [-0.3, -0.25) is 14.4 Å². The van der Waals surface area contributed by atoms with Gasteiger partial charge in [0.1, 0.15) is 28.6 Å². The van der Waals surface area contributed by atoms with E-state index in [1.54, 1.807) is 20.8 Å². The fourth-order valence-electron chi connectivity index (χ4n) is 8.09. The van der Waals surface area contributed by atoms with Gasteiger partial charge in [-0.05, 0) is 96.3 Å². The molecule has 2 amide bonds. The molecule has 2 aromatic heterocycles. The molecule has 2 aromatic rings. The Labute approximate surface area is 487 Å². The monoisotopic (exact) mass is 1270 g/mol. The fourth-order valence-corrected chi connectivity index (χ4v) is 10.9. The first-order chi connectivity index (χ1) is 39.5. The molecule has 0 aliphatic carbocycles. The largest absolute Gasteiger partial charge is 0.490 e. The molecular formula is C52H73F8N7O16S2. The predicted octanol–water partition coefficient (Wildman–Crippen LogP) is 6.15. The van der Waals surface area contributed by atoms with E-state index in [-0.39, 0.29) is 115 Å². The number of carbonyl (C=O) groups is 5. The SMILES string of the molecule is CC(C)(C)OC(=O)CCC(=CF)COc1ccc(S(=O)(=O)N2CCC(C)(C(=O)NC3CCOCC3)CC2)cn1.CC1(C(=O)NC2CCOCC2)CCN(S(=O)(=O)c2ccc(OC/C(=C\F)CN)nc2)CC1.O=C(O)C(F)(F)F.O=C(O)C(F)(F)F. The summed E-state index contributed by atoms with van der Waals surface area (Å²) in [6, 6.07) is 5.84. The molecule has 0 radical (unpaired) electrons. The van der Waals surface area contributed by atoms with E-state index in [1.165, 1.54) is 45.3 Å². The number of hydrogen-bond donors (Lipinski definition) is 5. The number of amides is 2. The van der Waals surface area contributed by atoms with Gasteiger partial charge in [0.05, 0.1) is 25.1 Å². The lowest BCUT2D eigenvalue weighted by atomic mass is 9.80. The molecule has 4 aliphatic heterocycles. The predicted molar refractivity (Wildman–Crippen MR) is 286 cm³/mol. The Kier molecular flexibility index (Phi) is 28.0. The first kappa shape index (κ1) is 73.1. The Morgan fingerprint density at radius 3 is 1.27 bits per heavy atom. The van der Waals surface area contributed by atoms with Gasteiger partial charge < -0.3 is 50.3 Å². The van der Waals surface area contributed by atoms with Crippen LogP contribution in [0.3, 0.4) is 0 Å². The minimum Gasteiger partial charge on any atom is -0.475 e. The van der Waals surface area contributed by atoms with E-state index < -0.39 is 66.7 Å². The average molecular weight is 1270 g/mol. The third-order valence-corrected chi connectivity index (χ3v) is 17.3. The zero-order valence-electron chi connectivity index (χ0n) is 47.4. The number of aromatic nitrogens is 2. The quantitative estimate of drug-likeness (QED) is 0.0825. The Bertz CT molecular complexity index is 2770. The van der Waals surface area contributed by atoms with Crippen LogP contribution in [0.4, 0.5) is 35.1 Å². The first-order valence-corrected chi connectivity index (χ1v) is 29.4. The molecule has 0 aromatic carbocycles. The van der Waals surface area contributed by atoms with Crippen LogP contribution >= 0.6 is 0 Å². The van der Waals surface area contributed by atoms with Gasteiger partial charge in [0.25, 0.3) is 0 Å². The summed E-state index contributed by atoms with van der Waals surface area (Å²) >= 11 is 0. The van der Waals surface area contributed by atoms with Crippen LogP contribution in [0.5, 0.6) is 11.8 Å². The third kappa shape index (κ3) is 24.3. The number of nitrogens with two attached hydrogens (primary N) is 1. The Morgan fingerprint density at radius 2 is 0.988 bits per heavy atom. The van der Waals surface area contributed by atoms with Crippen molar-refractivity contribution in [2.24, 2.45) is 16.6 Å². The number of alkyl halides is 6. The van der Waals surface area contributed by atoms with Crippen molar-refractivity contribution in [1.29, 1.82) is 0 Å². The highest BCUT2D eigenvalue weighted by Crippen LogP contribution is 2.36. The second-order valence-corrected chi connectivity index (χ2v) is 25.2. The van der Waals surface area contributed by atoms with E-state index in [0.29, 0.717) is 64.8 Å². The standard InChI is InChI=1S/C27H40FN3O7S.C21H31FN4O5S.2C2HF3O2/c1-26(2,3)38-24(32)8-5-20(17-28)19-37-23-7-6-22(18-29-23)39(34,35)31-13-11-27(4,12-14-31)25(33)30-21-9-15-36-16-10-21;1-21(20(27)25-17-4-10-30-11-5-17)6-8-26(9-7-21)32(28,29)18-2-3-19(24-14-18)31-15-16(12-22)13-23;2*3-2(4,5)1(6)7/h6-7,17-18,21H,5,8-16,19H2,1-4H3,(H,30,33);2-3,12,14,17H,4-11,13,15,23H2,1H3,(H,25,27);2*(H,6,7)/b;16-12-;;. The Morgan fingerprint density at radius 1 is 0.647 bits per heavy atom. The van der Waals surface area contributed by atoms with E-state index in [0.717, 1.165) is 25.7 Å². The summed E-state index contributed by atoms with van der Waals surface area (Å²) in [4.78, 5) is 63.5. The number of nitrogens with one attached hydrogen (secondary N) is 2. The van der Waals surface area contributed by atoms with E-state index in [2.05, 4.69) is 20.6 Å². The number of sulfonamides is 2. The Balaban J connectivity index is 0.000000367. The lowest BCUT2D eigenvalue weighted by Crippen LogP contribution is -2.51. The molecule has 6 N–H and O–H groups in total. The summed E-state index contributed by atoms with van der Waals surface area (Å²) in [5.41, 5.74) is 4.03. The molecule has 85 heavy (non-hydrogen) atoms. The van der Waals surface area contributed by atoms with Gasteiger partial charge in [-0.2, -0.15) is 35.0 Å². The second-order valence-electron chi connectivity index (χ2n) is 21.3. The van der Waals surface area contributed by atoms with Gasteiger partial charge in [0.2, 0.25) is 43.6 Å². The van der Waals surface area contributed by atoms with Crippen LogP contribution < -0.4 is 25.8 Å². The lowest BCUT2D eigenvalue weighted by Gasteiger charge is -2.38. The number of carbonyl (C=O) groups excluding carboxylic acids is 3. The van der Waals surface area contributed by atoms with Crippen molar-refractivity contribution < 1.29 is 110 Å². The zero-order valence-corrected chi connectivity index (χ0v) is 49.1. The smallest absolute Gasteiger partial charge is 0.475 e. The molecule has 4 aliphatic rings. The third-order valence-electron chi connectivity index (χ3n) is 13.5. The summed E-state index contributed by atoms with van der Waals surface area (Å²) in [6.45, 7) is 12.4. The molecule has 33 heteroatoms. The molecule has 0 atom stereocenters. The minimum atomic E-state index is -5.08. The van der Waals surface area contributed by atoms with Crippen LogP contribution in [0, 0.1) is 10.8 Å². The lowest BCUT2D eigenvalue weighted by molar-refractivity contribution is -0.193. The number of carboxylic acids is 2. The molecule has 6 heterocycles. The van der Waals surface area contributed by atoms with E-state index in [9.17, 15) is 66.3 Å². The molecule has 23 nitrogen and oxygen atoms in total. The van der Waals surface area contributed by atoms with E-state index in [4.69, 9.17) is 49.2 Å². The van der Waals surface area contributed by atoms with Gasteiger partial charge in [-0.25, -0.2) is 45.2 Å². The molecule has 0 unspecified atom stereocenters. The van der Waals surface area contributed by atoms with Crippen LogP contribution in [0.25, 0.3) is 0 Å². The number of aliphatic carboxylic acids is 2.